The molecule has 0 fully saturated rings. The summed E-state index contributed by atoms with van der Waals surface area (Å²) in [6, 6.07) is 0. The Morgan fingerprint density at radius 1 is 1.67 bits per heavy atom. The molecule has 0 heterocycles. The molecule has 0 saturated carbocycles. The lowest BCUT2D eigenvalue weighted by atomic mass is 10.9. The van der Waals surface area contributed by atoms with Gasteiger partial charge in [-0.15, -0.1) is 12.4 Å². The van der Waals surface area contributed by atoms with Crippen molar-refractivity contribution in [2.75, 3.05) is 6.61 Å². The summed E-state index contributed by atoms with van der Waals surface area (Å²) in [5, 5.41) is 6.50. The summed E-state index contributed by atoms with van der Waals surface area (Å²) in [6.45, 7) is 2.06. The number of ether oxygens (including phenoxy) is 1. The van der Waals surface area contributed by atoms with Gasteiger partial charge in [0.05, 0.1) is 6.61 Å². The molecule has 6 heteroatoms. The Labute approximate surface area is 59.3 Å². The van der Waals surface area contributed by atoms with E-state index in [0.717, 1.165) is 0 Å². The maximum atomic E-state index is 9.60. The van der Waals surface area contributed by atoms with Gasteiger partial charge in [0.15, 0.2) is 0 Å². The molecule has 5 nitrogen and oxygen atoms in total. The molecular weight excluding hydrogens is 147 g/mol. The van der Waals surface area contributed by atoms with Crippen LogP contribution in [0.4, 0.5) is 4.79 Å². The van der Waals surface area contributed by atoms with Crippen LogP contribution in [0, 0.1) is 0 Å². The Kier molecular flexibility index (Phi) is 27.5. The monoisotopic (exact) mass is 158 g/mol. The third kappa shape index (κ3) is 36.5. The van der Waals surface area contributed by atoms with Crippen molar-refractivity contribution < 1.29 is 14.7 Å². The van der Waals surface area contributed by atoms with E-state index < -0.39 is 6.09 Å². The van der Waals surface area contributed by atoms with Crippen LogP contribution in [0.1, 0.15) is 6.92 Å². The topological polar surface area (TPSA) is 98.6 Å². The van der Waals surface area contributed by atoms with Gasteiger partial charge in [0.1, 0.15) is 0 Å². The van der Waals surface area contributed by atoms with E-state index in [4.69, 9.17) is 5.21 Å². The summed E-state index contributed by atoms with van der Waals surface area (Å²) in [5.41, 5.74) is 4.54. The van der Waals surface area contributed by atoms with Crippen molar-refractivity contribution in [1.29, 1.82) is 0 Å². The zero-order valence-electron chi connectivity index (χ0n) is 5.03. The maximum absolute atomic E-state index is 9.60. The number of nitrogens with two attached hydrogens (primary N) is 2. The van der Waals surface area contributed by atoms with Crippen LogP contribution < -0.4 is 11.6 Å². The van der Waals surface area contributed by atoms with Crippen LogP contribution in [0.5, 0.6) is 0 Å². The second-order valence-electron chi connectivity index (χ2n) is 0.752. The minimum atomic E-state index is -0.711. The molecule has 0 aromatic rings. The minimum absolute atomic E-state index is 0. The molecule has 0 bridgehead atoms. The van der Waals surface area contributed by atoms with E-state index in [1.165, 1.54) is 0 Å². The number of hydrogen-bond acceptors (Lipinski definition) is 4. The highest BCUT2D eigenvalue weighted by molar-refractivity contribution is 5.85. The number of hydrogen-bond donors (Lipinski definition) is 3. The lowest BCUT2D eigenvalue weighted by molar-refractivity contribution is 0.163. The van der Waals surface area contributed by atoms with Crippen molar-refractivity contribution >= 4 is 18.5 Å². The Morgan fingerprint density at radius 3 is 2.00 bits per heavy atom. The maximum Gasteiger partial charge on any atom is 0.404 e. The van der Waals surface area contributed by atoms with Crippen molar-refractivity contribution in [3.63, 3.8) is 0 Å². The second kappa shape index (κ2) is 15.6. The smallest absolute Gasteiger partial charge is 0.404 e. The molecule has 1 amide bonds. The van der Waals surface area contributed by atoms with Crippen molar-refractivity contribution in [1.82, 2.24) is 0 Å². The Bertz CT molecular complexity index is 61.0. The molecule has 5 N–H and O–H groups in total. The fourth-order valence-electron chi connectivity index (χ4n) is 0.142. The van der Waals surface area contributed by atoms with Gasteiger partial charge in [0.2, 0.25) is 0 Å². The average molecular weight is 159 g/mol. The standard InChI is InChI=1S/C3H7NO2.ClH.H3NO/c1-2-6-3(4)5;;1-2/h2H2,1H3,(H2,4,5);1H;2H,1H2. The summed E-state index contributed by atoms with van der Waals surface area (Å²) in [6.07, 6.45) is -0.711. The van der Waals surface area contributed by atoms with E-state index in [-0.39, 0.29) is 12.4 Å². The van der Waals surface area contributed by atoms with E-state index in [9.17, 15) is 4.79 Å². The predicted molar refractivity (Wildman–Crippen MR) is 34.4 cm³/mol. The molecule has 0 aromatic heterocycles. The van der Waals surface area contributed by atoms with Crippen LogP contribution in [-0.2, 0) is 4.74 Å². The molecule has 58 valence electrons. The predicted octanol–water partition coefficient (Wildman–Crippen LogP) is -0.142. The molecule has 0 unspecified atom stereocenters. The van der Waals surface area contributed by atoms with Crippen LogP contribution in [0.3, 0.4) is 0 Å². The summed E-state index contributed by atoms with van der Waals surface area (Å²) >= 11 is 0. The highest BCUT2D eigenvalue weighted by Gasteiger charge is 1.82. The molecule has 0 aliphatic heterocycles. The first-order chi connectivity index (χ1) is 3.77. The lowest BCUT2D eigenvalue weighted by Crippen LogP contribution is -2.11. The molecule has 9 heavy (non-hydrogen) atoms. The third-order valence-electron chi connectivity index (χ3n) is 0.287. The van der Waals surface area contributed by atoms with Gasteiger partial charge in [-0.05, 0) is 6.92 Å². The minimum Gasteiger partial charge on any atom is -0.450 e. The number of primary amides is 1. The van der Waals surface area contributed by atoms with Gasteiger partial charge in [0, 0.05) is 0 Å². The quantitative estimate of drug-likeness (QED) is 0.463. The molecule has 0 spiro atoms. The van der Waals surface area contributed by atoms with Gasteiger partial charge in [-0.25, -0.2) is 10.7 Å². The number of carbonyl (C=O) groups excluding carboxylic acids is 1. The fraction of sp³-hybridized carbons (Fsp3) is 0.667. The third-order valence-corrected chi connectivity index (χ3v) is 0.287. The lowest BCUT2D eigenvalue weighted by Gasteiger charge is -1.89. The molecule has 0 saturated heterocycles. The molecule has 0 aliphatic rings. The van der Waals surface area contributed by atoms with Crippen molar-refractivity contribution in [3.05, 3.63) is 0 Å². The van der Waals surface area contributed by atoms with Crippen molar-refractivity contribution in [2.45, 2.75) is 6.92 Å². The van der Waals surface area contributed by atoms with Crippen LogP contribution >= 0.6 is 12.4 Å². The first-order valence-corrected chi connectivity index (χ1v) is 1.95. The Hall–Kier alpha value is -0.520. The summed E-state index contributed by atoms with van der Waals surface area (Å²) in [7, 11) is 0. The number of carbonyl (C=O) groups is 1. The highest BCUT2D eigenvalue weighted by atomic mass is 35.5. The molecule has 0 rings (SSSR count). The van der Waals surface area contributed by atoms with Gasteiger partial charge in [-0.3, -0.25) is 0 Å². The van der Waals surface area contributed by atoms with Gasteiger partial charge in [-0.1, -0.05) is 0 Å². The largest absolute Gasteiger partial charge is 0.450 e. The van der Waals surface area contributed by atoms with Gasteiger partial charge in [0.25, 0.3) is 0 Å². The van der Waals surface area contributed by atoms with E-state index in [1.54, 1.807) is 6.92 Å². The van der Waals surface area contributed by atoms with E-state index in [2.05, 4.69) is 16.4 Å². The molecule has 0 atom stereocenters. The SMILES string of the molecule is CCOC(N)=O.Cl.NO. The highest BCUT2D eigenvalue weighted by Crippen LogP contribution is 1.66. The summed E-state index contributed by atoms with van der Waals surface area (Å²) < 4.78 is 4.18. The average Bonchev–Trinajstić information content (AvgIpc) is 1.72. The first-order valence-electron chi connectivity index (χ1n) is 1.95. The van der Waals surface area contributed by atoms with Crippen LogP contribution in [0.15, 0.2) is 0 Å². The fourth-order valence-corrected chi connectivity index (χ4v) is 0.142. The van der Waals surface area contributed by atoms with Gasteiger partial charge in [-0.2, -0.15) is 0 Å². The normalized spacial score (nSPS) is 5.67. The zero-order valence-corrected chi connectivity index (χ0v) is 5.85. The number of amides is 1. The molecule has 0 radical (unpaired) electrons. The first kappa shape index (κ1) is 15.8. The van der Waals surface area contributed by atoms with Crippen molar-refractivity contribution in [2.24, 2.45) is 11.6 Å². The van der Waals surface area contributed by atoms with Gasteiger partial charge >= 0.3 is 6.09 Å². The number of halogens is 1. The van der Waals surface area contributed by atoms with E-state index in [1.807, 2.05) is 0 Å². The molecule has 0 aliphatic carbocycles. The summed E-state index contributed by atoms with van der Waals surface area (Å²) in [4.78, 5) is 9.60. The van der Waals surface area contributed by atoms with Gasteiger partial charge < -0.3 is 15.7 Å². The van der Waals surface area contributed by atoms with E-state index >= 15 is 0 Å². The number of rotatable bonds is 1. The van der Waals surface area contributed by atoms with Crippen LogP contribution in [-0.4, -0.2) is 17.9 Å². The Morgan fingerprint density at radius 2 is 2.00 bits per heavy atom. The van der Waals surface area contributed by atoms with Crippen LogP contribution in [0.25, 0.3) is 0 Å². The van der Waals surface area contributed by atoms with E-state index in [0.29, 0.717) is 6.61 Å². The van der Waals surface area contributed by atoms with Crippen molar-refractivity contribution in [3.8, 4) is 0 Å². The van der Waals surface area contributed by atoms with Crippen LogP contribution in [0.2, 0.25) is 0 Å². The molecular formula is C3H11ClN2O3. The zero-order chi connectivity index (χ0) is 6.99. The second-order valence-corrected chi connectivity index (χ2v) is 0.752. The Balaban J connectivity index is -0.000000109. The molecule has 0 aromatic carbocycles. The summed E-state index contributed by atoms with van der Waals surface area (Å²) in [5.74, 6) is 3.50.